The molecule has 1 heterocycles. The van der Waals surface area contributed by atoms with Crippen LogP contribution in [0.5, 0.6) is 0 Å². The van der Waals surface area contributed by atoms with Crippen LogP contribution in [0.25, 0.3) is 11.0 Å². The number of carbonyl (C=O) groups is 1. The summed E-state index contributed by atoms with van der Waals surface area (Å²) in [6.07, 6.45) is -0.0405. The highest BCUT2D eigenvalue weighted by atomic mass is 16.4. The predicted octanol–water partition coefficient (Wildman–Crippen LogP) is 1.53. The molecule has 0 unspecified atom stereocenters. The second kappa shape index (κ2) is 5.40. The summed E-state index contributed by atoms with van der Waals surface area (Å²) in [7, 11) is 4.00. The average Bonchev–Trinajstić information content (AvgIpc) is 2.61. The first-order chi connectivity index (χ1) is 8.97. The van der Waals surface area contributed by atoms with Crippen LogP contribution < -0.4 is 0 Å². The Morgan fingerprint density at radius 2 is 2.16 bits per heavy atom. The Morgan fingerprint density at radius 1 is 1.42 bits per heavy atom. The summed E-state index contributed by atoms with van der Waals surface area (Å²) in [5.41, 5.74) is 3.00. The molecule has 102 valence electrons. The van der Waals surface area contributed by atoms with Crippen molar-refractivity contribution in [2.75, 3.05) is 20.6 Å². The van der Waals surface area contributed by atoms with Crippen molar-refractivity contribution >= 4 is 17.0 Å². The van der Waals surface area contributed by atoms with Gasteiger partial charge in [0.2, 0.25) is 0 Å². The quantitative estimate of drug-likeness (QED) is 0.887. The fraction of sp³-hybridized carbons (Fsp3) is 0.429. The van der Waals surface area contributed by atoms with Gasteiger partial charge in [0.1, 0.15) is 12.2 Å². The molecule has 2 rings (SSSR count). The van der Waals surface area contributed by atoms with E-state index in [1.54, 1.807) is 0 Å². The fourth-order valence-electron chi connectivity index (χ4n) is 2.11. The van der Waals surface area contributed by atoms with Gasteiger partial charge in [-0.25, -0.2) is 4.98 Å². The number of carboxylic acids is 1. The van der Waals surface area contributed by atoms with Crippen LogP contribution in [-0.2, 0) is 17.8 Å². The van der Waals surface area contributed by atoms with Crippen LogP contribution in [-0.4, -0.2) is 46.2 Å². The van der Waals surface area contributed by atoms with E-state index >= 15 is 0 Å². The monoisotopic (exact) mass is 261 g/mol. The summed E-state index contributed by atoms with van der Waals surface area (Å²) in [5.74, 6) is -0.229. The van der Waals surface area contributed by atoms with E-state index in [2.05, 4.69) is 9.88 Å². The SMILES string of the molecule is Cc1ccc2c(c1)nc(CC(=O)O)n2CCN(C)C. The first-order valence-corrected chi connectivity index (χ1v) is 6.29. The van der Waals surface area contributed by atoms with Crippen LogP contribution in [0.15, 0.2) is 18.2 Å². The molecular formula is C14H19N3O2. The minimum atomic E-state index is -0.849. The summed E-state index contributed by atoms with van der Waals surface area (Å²) < 4.78 is 2.00. The topological polar surface area (TPSA) is 58.4 Å². The third-order valence-corrected chi connectivity index (χ3v) is 3.06. The van der Waals surface area contributed by atoms with E-state index < -0.39 is 5.97 Å². The fourth-order valence-corrected chi connectivity index (χ4v) is 2.11. The number of nitrogens with zero attached hydrogens (tertiary/aromatic N) is 3. The number of carboxylic acid groups (broad SMARTS) is 1. The van der Waals surface area contributed by atoms with Crippen LogP contribution in [0.1, 0.15) is 11.4 Å². The van der Waals surface area contributed by atoms with E-state index in [0.29, 0.717) is 5.82 Å². The number of likely N-dealkylation sites (N-methyl/N-ethyl adjacent to an activating group) is 1. The predicted molar refractivity (Wildman–Crippen MR) is 74.4 cm³/mol. The molecule has 0 atom stereocenters. The third-order valence-electron chi connectivity index (χ3n) is 3.06. The van der Waals surface area contributed by atoms with Crippen LogP contribution in [0, 0.1) is 6.92 Å². The number of hydrogen-bond acceptors (Lipinski definition) is 3. The van der Waals surface area contributed by atoms with Crippen LogP contribution in [0.2, 0.25) is 0 Å². The van der Waals surface area contributed by atoms with Gasteiger partial charge in [0, 0.05) is 13.1 Å². The molecule has 5 nitrogen and oxygen atoms in total. The van der Waals surface area contributed by atoms with Gasteiger partial charge in [-0.1, -0.05) is 6.07 Å². The Kier molecular flexibility index (Phi) is 3.85. The van der Waals surface area contributed by atoms with E-state index in [1.807, 2.05) is 43.8 Å². The molecule has 0 amide bonds. The normalized spacial score (nSPS) is 11.4. The maximum absolute atomic E-state index is 10.9. The zero-order valence-corrected chi connectivity index (χ0v) is 11.6. The molecule has 0 saturated heterocycles. The van der Waals surface area contributed by atoms with Gasteiger partial charge in [0.25, 0.3) is 0 Å². The maximum Gasteiger partial charge on any atom is 0.311 e. The smallest absolute Gasteiger partial charge is 0.311 e. The van der Waals surface area contributed by atoms with Crippen molar-refractivity contribution < 1.29 is 9.90 Å². The molecule has 0 bridgehead atoms. The molecular weight excluding hydrogens is 242 g/mol. The summed E-state index contributed by atoms with van der Waals surface area (Å²) >= 11 is 0. The van der Waals surface area contributed by atoms with Crippen molar-refractivity contribution in [3.63, 3.8) is 0 Å². The van der Waals surface area contributed by atoms with E-state index in [0.717, 1.165) is 29.7 Å². The van der Waals surface area contributed by atoms with Crippen LogP contribution >= 0.6 is 0 Å². The summed E-state index contributed by atoms with van der Waals surface area (Å²) in [6, 6.07) is 6.03. The molecule has 1 aromatic heterocycles. The van der Waals surface area contributed by atoms with Crippen molar-refractivity contribution in [1.29, 1.82) is 0 Å². The number of fused-ring (bicyclic) bond motifs is 1. The molecule has 1 aromatic carbocycles. The van der Waals surface area contributed by atoms with Gasteiger partial charge in [-0.15, -0.1) is 0 Å². The third kappa shape index (κ3) is 3.12. The van der Waals surface area contributed by atoms with Gasteiger partial charge >= 0.3 is 5.97 Å². The molecule has 19 heavy (non-hydrogen) atoms. The second-order valence-electron chi connectivity index (χ2n) is 5.05. The molecule has 0 radical (unpaired) electrons. The van der Waals surface area contributed by atoms with Gasteiger partial charge < -0.3 is 14.6 Å². The second-order valence-corrected chi connectivity index (χ2v) is 5.05. The van der Waals surface area contributed by atoms with Crippen molar-refractivity contribution in [1.82, 2.24) is 14.5 Å². The lowest BCUT2D eigenvalue weighted by atomic mass is 10.2. The highest BCUT2D eigenvalue weighted by Gasteiger charge is 2.13. The average molecular weight is 261 g/mol. The van der Waals surface area contributed by atoms with E-state index in [1.165, 1.54) is 0 Å². The molecule has 2 aromatic rings. The van der Waals surface area contributed by atoms with E-state index in [4.69, 9.17) is 5.11 Å². The Hall–Kier alpha value is -1.88. The van der Waals surface area contributed by atoms with Crippen LogP contribution in [0.3, 0.4) is 0 Å². The largest absolute Gasteiger partial charge is 0.481 e. The number of aryl methyl sites for hydroxylation is 1. The summed E-state index contributed by atoms with van der Waals surface area (Å²) in [4.78, 5) is 17.5. The lowest BCUT2D eigenvalue weighted by Gasteiger charge is -2.12. The lowest BCUT2D eigenvalue weighted by molar-refractivity contribution is -0.136. The molecule has 0 aliphatic rings. The minimum Gasteiger partial charge on any atom is -0.481 e. The van der Waals surface area contributed by atoms with Crippen molar-refractivity contribution in [3.8, 4) is 0 Å². The molecule has 5 heteroatoms. The van der Waals surface area contributed by atoms with Gasteiger partial charge in [-0.2, -0.15) is 0 Å². The minimum absolute atomic E-state index is 0.0405. The standard InChI is InChI=1S/C14H19N3O2/c1-10-4-5-12-11(8-10)15-13(9-14(18)19)17(12)7-6-16(2)3/h4-5,8H,6-7,9H2,1-3H3,(H,18,19). The van der Waals surface area contributed by atoms with Crippen molar-refractivity contribution in [2.24, 2.45) is 0 Å². The molecule has 0 aliphatic carbocycles. The Bertz CT molecular complexity index is 602. The molecule has 0 saturated carbocycles. The molecule has 1 N–H and O–H groups in total. The highest BCUT2D eigenvalue weighted by molar-refractivity contribution is 5.78. The summed E-state index contributed by atoms with van der Waals surface area (Å²) in [5, 5.41) is 8.98. The Morgan fingerprint density at radius 3 is 2.79 bits per heavy atom. The number of aromatic nitrogens is 2. The first-order valence-electron chi connectivity index (χ1n) is 6.29. The summed E-state index contributed by atoms with van der Waals surface area (Å²) in [6.45, 7) is 3.61. The highest BCUT2D eigenvalue weighted by Crippen LogP contribution is 2.18. The van der Waals surface area contributed by atoms with Gasteiger partial charge in [-0.3, -0.25) is 4.79 Å². The van der Waals surface area contributed by atoms with E-state index in [-0.39, 0.29) is 6.42 Å². The zero-order valence-electron chi connectivity index (χ0n) is 11.6. The first kappa shape index (κ1) is 13.5. The number of benzene rings is 1. The lowest BCUT2D eigenvalue weighted by Crippen LogP contribution is -2.20. The van der Waals surface area contributed by atoms with Crippen molar-refractivity contribution in [3.05, 3.63) is 29.6 Å². The van der Waals surface area contributed by atoms with Gasteiger partial charge in [0.05, 0.1) is 11.0 Å². The molecule has 0 fully saturated rings. The maximum atomic E-state index is 10.9. The van der Waals surface area contributed by atoms with Crippen molar-refractivity contribution in [2.45, 2.75) is 19.9 Å². The Labute approximate surface area is 112 Å². The number of imidazole rings is 1. The number of rotatable bonds is 5. The number of aliphatic carboxylic acids is 1. The Balaban J connectivity index is 2.45. The van der Waals surface area contributed by atoms with Crippen LogP contribution in [0.4, 0.5) is 0 Å². The number of hydrogen-bond donors (Lipinski definition) is 1. The molecule has 0 spiro atoms. The molecule has 0 aliphatic heterocycles. The van der Waals surface area contributed by atoms with Gasteiger partial charge in [0.15, 0.2) is 0 Å². The van der Waals surface area contributed by atoms with Gasteiger partial charge in [-0.05, 0) is 38.7 Å². The zero-order chi connectivity index (χ0) is 14.0. The van der Waals surface area contributed by atoms with E-state index in [9.17, 15) is 4.79 Å².